The summed E-state index contributed by atoms with van der Waals surface area (Å²) in [7, 11) is -3.74. The highest BCUT2D eigenvalue weighted by Crippen LogP contribution is 2.25. The Kier molecular flexibility index (Phi) is 4.82. The Labute approximate surface area is 144 Å². The lowest BCUT2D eigenvalue weighted by Crippen LogP contribution is -2.14. The summed E-state index contributed by atoms with van der Waals surface area (Å²) in [6, 6.07) is 14.9. The van der Waals surface area contributed by atoms with E-state index in [2.05, 4.69) is 21.1 Å². The quantitative estimate of drug-likeness (QED) is 0.736. The topological polar surface area (TPSA) is 55.7 Å². The summed E-state index contributed by atoms with van der Waals surface area (Å²) in [6.45, 7) is 0. The maximum Gasteiger partial charge on any atom is 0.332 e. The van der Waals surface area contributed by atoms with Crippen LogP contribution in [-0.2, 0) is 26.6 Å². The fraction of sp³-hybridized carbons (Fsp3) is 0.235. The second-order valence-electron chi connectivity index (χ2n) is 5.46. The van der Waals surface area contributed by atoms with Crippen LogP contribution in [-0.4, -0.2) is 14.1 Å². The van der Waals surface area contributed by atoms with Crippen LogP contribution in [0.1, 0.15) is 29.5 Å². The van der Waals surface area contributed by atoms with E-state index < -0.39 is 10.1 Å². The molecule has 1 aliphatic carbocycles. The summed E-state index contributed by atoms with van der Waals surface area (Å²) < 4.78 is 30.1. The summed E-state index contributed by atoms with van der Waals surface area (Å²) in [5.41, 5.74) is 3.50. The second kappa shape index (κ2) is 6.84. The first kappa shape index (κ1) is 16.2. The average molecular weight is 394 g/mol. The summed E-state index contributed by atoms with van der Waals surface area (Å²) in [4.78, 5) is 0. The Balaban J connectivity index is 1.78. The van der Waals surface area contributed by atoms with Crippen LogP contribution < -0.4 is 0 Å². The van der Waals surface area contributed by atoms with Gasteiger partial charge in [0.05, 0.1) is 5.71 Å². The number of halogens is 1. The van der Waals surface area contributed by atoms with Crippen LogP contribution in [0.5, 0.6) is 0 Å². The van der Waals surface area contributed by atoms with Crippen molar-refractivity contribution in [1.29, 1.82) is 0 Å². The molecule has 0 amide bonds. The zero-order valence-corrected chi connectivity index (χ0v) is 14.8. The summed E-state index contributed by atoms with van der Waals surface area (Å²) in [6.07, 6.45) is 2.62. The zero-order valence-electron chi connectivity index (χ0n) is 12.4. The van der Waals surface area contributed by atoms with Crippen molar-refractivity contribution in [2.75, 3.05) is 0 Å². The van der Waals surface area contributed by atoms with E-state index in [-0.39, 0.29) is 5.75 Å². The van der Waals surface area contributed by atoms with Gasteiger partial charge in [0.25, 0.3) is 0 Å². The minimum atomic E-state index is -3.74. The summed E-state index contributed by atoms with van der Waals surface area (Å²) in [5, 5.41) is 3.94. The number of aryl methyl sites for hydroxylation is 1. The van der Waals surface area contributed by atoms with Gasteiger partial charge in [-0.3, -0.25) is 4.28 Å². The van der Waals surface area contributed by atoms with E-state index in [1.165, 1.54) is 0 Å². The minimum Gasteiger partial charge on any atom is -0.268 e. The number of rotatable bonds is 4. The third-order valence-electron chi connectivity index (χ3n) is 3.69. The Bertz CT molecular complexity index is 832. The largest absolute Gasteiger partial charge is 0.332 e. The average Bonchev–Trinajstić information content (AvgIpc) is 2.53. The van der Waals surface area contributed by atoms with Crippen LogP contribution in [0.3, 0.4) is 0 Å². The van der Waals surface area contributed by atoms with Crippen molar-refractivity contribution < 1.29 is 12.7 Å². The van der Waals surface area contributed by atoms with Gasteiger partial charge in [0.1, 0.15) is 5.75 Å². The van der Waals surface area contributed by atoms with Gasteiger partial charge in [-0.05, 0) is 42.5 Å². The molecule has 3 rings (SSSR count). The van der Waals surface area contributed by atoms with Gasteiger partial charge in [0, 0.05) is 10.0 Å². The van der Waals surface area contributed by atoms with E-state index in [1.54, 1.807) is 24.3 Å². The minimum absolute atomic E-state index is 0.183. The number of fused-ring (bicyclic) bond motifs is 1. The summed E-state index contributed by atoms with van der Waals surface area (Å²) in [5.74, 6) is -0.183. The van der Waals surface area contributed by atoms with Gasteiger partial charge >= 0.3 is 10.1 Å². The number of benzene rings is 2. The first-order valence-corrected chi connectivity index (χ1v) is 9.71. The number of nitrogens with zero attached hydrogens (tertiary/aromatic N) is 1. The van der Waals surface area contributed by atoms with Gasteiger partial charge in [0.2, 0.25) is 0 Å². The van der Waals surface area contributed by atoms with Crippen molar-refractivity contribution in [3.8, 4) is 0 Å². The highest BCUT2D eigenvalue weighted by Gasteiger charge is 2.18. The van der Waals surface area contributed by atoms with Crippen molar-refractivity contribution in [2.24, 2.45) is 5.16 Å². The molecule has 0 unspecified atom stereocenters. The van der Waals surface area contributed by atoms with E-state index in [0.29, 0.717) is 11.3 Å². The molecule has 0 radical (unpaired) electrons. The molecule has 0 aromatic heterocycles. The molecule has 1 aliphatic rings. The van der Waals surface area contributed by atoms with Gasteiger partial charge in [-0.2, -0.15) is 8.42 Å². The lowest BCUT2D eigenvalue weighted by atomic mass is 9.90. The van der Waals surface area contributed by atoms with Crippen LogP contribution in [0.25, 0.3) is 0 Å². The molecule has 0 heterocycles. The first-order chi connectivity index (χ1) is 11.0. The summed E-state index contributed by atoms with van der Waals surface area (Å²) >= 11 is 3.45. The van der Waals surface area contributed by atoms with Crippen molar-refractivity contribution >= 4 is 31.8 Å². The van der Waals surface area contributed by atoms with Crippen LogP contribution in [0.4, 0.5) is 0 Å². The highest BCUT2D eigenvalue weighted by atomic mass is 79.9. The smallest absolute Gasteiger partial charge is 0.268 e. The molecule has 6 heteroatoms. The monoisotopic (exact) mass is 393 g/mol. The molecule has 0 saturated carbocycles. The fourth-order valence-electron chi connectivity index (χ4n) is 2.63. The van der Waals surface area contributed by atoms with Crippen LogP contribution in [0, 0.1) is 0 Å². The third kappa shape index (κ3) is 4.20. The van der Waals surface area contributed by atoms with Crippen molar-refractivity contribution in [2.45, 2.75) is 25.0 Å². The third-order valence-corrected chi connectivity index (χ3v) is 5.17. The number of hydrogen-bond acceptors (Lipinski definition) is 4. The zero-order chi connectivity index (χ0) is 16.3. The fourth-order valence-corrected chi connectivity index (χ4v) is 3.90. The Morgan fingerprint density at radius 2 is 1.87 bits per heavy atom. The highest BCUT2D eigenvalue weighted by molar-refractivity contribution is 9.10. The SMILES string of the molecule is O=S(=O)(Cc1ccccc1)ON=C1CCCc2cc(Br)ccc21. The van der Waals surface area contributed by atoms with E-state index >= 15 is 0 Å². The van der Waals surface area contributed by atoms with Gasteiger partial charge in [0.15, 0.2) is 0 Å². The van der Waals surface area contributed by atoms with E-state index in [1.807, 2.05) is 24.3 Å². The predicted molar refractivity (Wildman–Crippen MR) is 93.8 cm³/mol. The standard InChI is InChI=1S/C17H16BrNO3S/c18-15-9-10-16-14(11-15)7-4-8-17(16)19-22-23(20,21)12-13-5-2-1-3-6-13/h1-3,5-6,9-11H,4,7-8,12H2. The first-order valence-electron chi connectivity index (χ1n) is 7.34. The molecule has 0 atom stereocenters. The maximum absolute atomic E-state index is 12.1. The second-order valence-corrected chi connectivity index (χ2v) is 7.92. The van der Waals surface area contributed by atoms with Crippen LogP contribution in [0.2, 0.25) is 0 Å². The molecule has 2 aromatic carbocycles. The van der Waals surface area contributed by atoms with Gasteiger partial charge in [-0.25, -0.2) is 0 Å². The molecule has 0 N–H and O–H groups in total. The Morgan fingerprint density at radius 3 is 2.65 bits per heavy atom. The van der Waals surface area contributed by atoms with E-state index in [9.17, 15) is 8.42 Å². The lowest BCUT2D eigenvalue weighted by Gasteiger charge is -2.17. The molecule has 23 heavy (non-hydrogen) atoms. The Hall–Kier alpha value is -1.66. The normalized spacial score (nSPS) is 16.1. The molecule has 0 fully saturated rings. The molecule has 0 aliphatic heterocycles. The van der Waals surface area contributed by atoms with Crippen molar-refractivity contribution in [3.05, 3.63) is 69.7 Å². The van der Waals surface area contributed by atoms with Crippen LogP contribution in [0.15, 0.2) is 58.2 Å². The van der Waals surface area contributed by atoms with Gasteiger partial charge < -0.3 is 0 Å². The van der Waals surface area contributed by atoms with Gasteiger partial charge in [-0.15, -0.1) is 0 Å². The van der Waals surface area contributed by atoms with Crippen LogP contribution >= 0.6 is 15.9 Å². The number of oxime groups is 1. The van der Waals surface area contributed by atoms with Gasteiger partial charge in [-0.1, -0.05) is 57.5 Å². The molecule has 0 spiro atoms. The maximum atomic E-state index is 12.1. The molecule has 2 aromatic rings. The molecule has 4 nitrogen and oxygen atoms in total. The van der Waals surface area contributed by atoms with E-state index in [0.717, 1.165) is 34.9 Å². The molecular formula is C17H16BrNO3S. The molecular weight excluding hydrogens is 378 g/mol. The Morgan fingerprint density at radius 1 is 1.09 bits per heavy atom. The lowest BCUT2D eigenvalue weighted by molar-refractivity contribution is 0.336. The molecule has 0 bridgehead atoms. The number of hydrogen-bond donors (Lipinski definition) is 0. The van der Waals surface area contributed by atoms with Crippen molar-refractivity contribution in [3.63, 3.8) is 0 Å². The molecule has 120 valence electrons. The van der Waals surface area contributed by atoms with E-state index in [4.69, 9.17) is 4.28 Å². The molecule has 0 saturated heterocycles. The predicted octanol–water partition coefficient (Wildman–Crippen LogP) is 4.04. The van der Waals surface area contributed by atoms with Crippen molar-refractivity contribution in [1.82, 2.24) is 0 Å².